The van der Waals surface area contributed by atoms with Gasteiger partial charge in [-0.25, -0.2) is 8.42 Å². The first kappa shape index (κ1) is 15.4. The lowest BCUT2D eigenvalue weighted by Crippen LogP contribution is -2.33. The van der Waals surface area contributed by atoms with Crippen molar-refractivity contribution in [3.05, 3.63) is 28.8 Å². The van der Waals surface area contributed by atoms with E-state index in [1.165, 1.54) is 4.31 Å². The van der Waals surface area contributed by atoms with Crippen molar-refractivity contribution in [2.24, 2.45) is 0 Å². The fourth-order valence-corrected chi connectivity index (χ4v) is 3.38. The molecule has 0 atom stereocenters. The van der Waals surface area contributed by atoms with Crippen LogP contribution in [0.1, 0.15) is 19.4 Å². The summed E-state index contributed by atoms with van der Waals surface area (Å²) >= 11 is 6.00. The second-order valence-electron chi connectivity index (χ2n) is 4.41. The van der Waals surface area contributed by atoms with E-state index in [9.17, 15) is 8.42 Å². The van der Waals surface area contributed by atoms with E-state index < -0.39 is 10.0 Å². The fourth-order valence-electron chi connectivity index (χ4n) is 1.49. The van der Waals surface area contributed by atoms with Gasteiger partial charge in [-0.15, -0.1) is 0 Å². The molecule has 102 valence electrons. The molecule has 4 nitrogen and oxygen atoms in total. The third-order valence-corrected chi connectivity index (χ3v) is 5.28. The average molecular weight is 291 g/mol. The van der Waals surface area contributed by atoms with Gasteiger partial charge in [-0.3, -0.25) is 0 Å². The minimum absolute atomic E-state index is 0.112. The molecule has 0 spiro atoms. The van der Waals surface area contributed by atoms with Crippen molar-refractivity contribution in [3.63, 3.8) is 0 Å². The molecular weight excluding hydrogens is 272 g/mol. The summed E-state index contributed by atoms with van der Waals surface area (Å²) in [5.41, 5.74) is 0.887. The van der Waals surface area contributed by atoms with Crippen molar-refractivity contribution in [3.8, 4) is 0 Å². The van der Waals surface area contributed by atoms with E-state index in [4.69, 9.17) is 11.6 Å². The number of halogens is 1. The summed E-state index contributed by atoms with van der Waals surface area (Å²) < 4.78 is 26.1. The molecular formula is C12H19ClN2O2S. The standard InChI is InChI=1S/C12H19ClN2O2S/c1-9(2)15(4)18(16,17)12-7-10(8-14-3)5-6-11(12)13/h5-7,9,14H,8H2,1-4H3. The maximum Gasteiger partial charge on any atom is 0.244 e. The number of hydrogen-bond donors (Lipinski definition) is 1. The van der Waals surface area contributed by atoms with Crippen LogP contribution < -0.4 is 5.32 Å². The molecule has 0 aliphatic carbocycles. The van der Waals surface area contributed by atoms with Gasteiger partial charge in [0.2, 0.25) is 10.0 Å². The lowest BCUT2D eigenvalue weighted by molar-refractivity contribution is 0.410. The highest BCUT2D eigenvalue weighted by Crippen LogP contribution is 2.26. The lowest BCUT2D eigenvalue weighted by atomic mass is 10.2. The first-order chi connectivity index (χ1) is 8.30. The van der Waals surface area contributed by atoms with Gasteiger partial charge >= 0.3 is 0 Å². The zero-order valence-corrected chi connectivity index (χ0v) is 12.6. The topological polar surface area (TPSA) is 49.4 Å². The van der Waals surface area contributed by atoms with Crippen molar-refractivity contribution < 1.29 is 8.42 Å². The van der Waals surface area contributed by atoms with Gasteiger partial charge in [0.05, 0.1) is 5.02 Å². The summed E-state index contributed by atoms with van der Waals surface area (Å²) in [6.45, 7) is 4.25. The Morgan fingerprint density at radius 2 is 2.00 bits per heavy atom. The number of benzene rings is 1. The highest BCUT2D eigenvalue weighted by atomic mass is 35.5. The second-order valence-corrected chi connectivity index (χ2v) is 6.78. The Hall–Kier alpha value is -0.620. The maximum absolute atomic E-state index is 12.4. The van der Waals surface area contributed by atoms with E-state index in [1.807, 2.05) is 27.0 Å². The van der Waals surface area contributed by atoms with Crippen molar-refractivity contribution >= 4 is 21.6 Å². The van der Waals surface area contributed by atoms with Crippen LogP contribution in [-0.4, -0.2) is 32.9 Å². The Morgan fingerprint density at radius 1 is 1.39 bits per heavy atom. The van der Waals surface area contributed by atoms with Crippen LogP contribution in [0.25, 0.3) is 0 Å². The van der Waals surface area contributed by atoms with Crippen LogP contribution in [0, 0.1) is 0 Å². The zero-order chi connectivity index (χ0) is 13.9. The summed E-state index contributed by atoms with van der Waals surface area (Å²) in [7, 11) is -0.171. The third kappa shape index (κ3) is 3.23. The van der Waals surface area contributed by atoms with Gasteiger partial charge in [0.1, 0.15) is 4.90 Å². The van der Waals surface area contributed by atoms with Gasteiger partial charge in [-0.1, -0.05) is 17.7 Å². The third-order valence-electron chi connectivity index (χ3n) is 2.76. The lowest BCUT2D eigenvalue weighted by Gasteiger charge is -2.22. The van der Waals surface area contributed by atoms with Gasteiger partial charge in [0.25, 0.3) is 0 Å². The Labute approximate surface area is 114 Å². The van der Waals surface area contributed by atoms with Crippen LogP contribution in [-0.2, 0) is 16.6 Å². The summed E-state index contributed by atoms with van der Waals surface area (Å²) in [5, 5.41) is 3.23. The molecule has 6 heteroatoms. The number of nitrogens with zero attached hydrogens (tertiary/aromatic N) is 1. The molecule has 0 saturated carbocycles. The van der Waals surface area contributed by atoms with Crippen molar-refractivity contribution in [2.45, 2.75) is 31.3 Å². The molecule has 0 aromatic heterocycles. The van der Waals surface area contributed by atoms with Gasteiger partial charge in [-0.05, 0) is 38.6 Å². The SMILES string of the molecule is CNCc1ccc(Cl)c(S(=O)(=O)N(C)C(C)C)c1. The normalized spacial score (nSPS) is 12.4. The number of rotatable bonds is 5. The molecule has 0 amide bonds. The van der Waals surface area contributed by atoms with E-state index in [-0.39, 0.29) is 16.0 Å². The van der Waals surface area contributed by atoms with Crippen molar-refractivity contribution in [1.82, 2.24) is 9.62 Å². The Balaban J connectivity index is 3.27. The van der Waals surface area contributed by atoms with Crippen LogP contribution in [0.4, 0.5) is 0 Å². The van der Waals surface area contributed by atoms with Gasteiger partial charge in [0, 0.05) is 19.6 Å². The van der Waals surface area contributed by atoms with Crippen LogP contribution in [0.15, 0.2) is 23.1 Å². The van der Waals surface area contributed by atoms with E-state index in [1.54, 1.807) is 19.2 Å². The van der Waals surface area contributed by atoms with Crippen LogP contribution >= 0.6 is 11.6 Å². The summed E-state index contributed by atoms with van der Waals surface area (Å²) in [5.74, 6) is 0. The highest BCUT2D eigenvalue weighted by Gasteiger charge is 2.25. The quantitative estimate of drug-likeness (QED) is 0.903. The van der Waals surface area contributed by atoms with Crippen LogP contribution in [0.2, 0.25) is 5.02 Å². The maximum atomic E-state index is 12.4. The van der Waals surface area contributed by atoms with E-state index in [0.29, 0.717) is 6.54 Å². The molecule has 1 rings (SSSR count). The van der Waals surface area contributed by atoms with Crippen molar-refractivity contribution in [1.29, 1.82) is 0 Å². The van der Waals surface area contributed by atoms with E-state index >= 15 is 0 Å². The molecule has 0 unspecified atom stereocenters. The Kier molecular flexibility index (Phi) is 5.16. The molecule has 0 radical (unpaired) electrons. The molecule has 0 saturated heterocycles. The molecule has 1 N–H and O–H groups in total. The monoisotopic (exact) mass is 290 g/mol. The minimum atomic E-state index is -3.54. The smallest absolute Gasteiger partial charge is 0.244 e. The molecule has 18 heavy (non-hydrogen) atoms. The predicted molar refractivity (Wildman–Crippen MR) is 74.3 cm³/mol. The summed E-state index contributed by atoms with van der Waals surface area (Å²) in [6, 6.07) is 4.94. The fraction of sp³-hybridized carbons (Fsp3) is 0.500. The number of nitrogens with one attached hydrogen (secondary N) is 1. The Morgan fingerprint density at radius 3 is 2.50 bits per heavy atom. The predicted octanol–water partition coefficient (Wildman–Crippen LogP) is 2.09. The van der Waals surface area contributed by atoms with Gasteiger partial charge in [-0.2, -0.15) is 4.31 Å². The Bertz CT molecular complexity index is 515. The van der Waals surface area contributed by atoms with Gasteiger partial charge in [0.15, 0.2) is 0 Å². The van der Waals surface area contributed by atoms with E-state index in [0.717, 1.165) is 5.56 Å². The number of hydrogen-bond acceptors (Lipinski definition) is 3. The molecule has 0 heterocycles. The zero-order valence-electron chi connectivity index (χ0n) is 11.1. The molecule has 0 aliphatic rings. The highest BCUT2D eigenvalue weighted by molar-refractivity contribution is 7.89. The minimum Gasteiger partial charge on any atom is -0.316 e. The summed E-state index contributed by atoms with van der Waals surface area (Å²) in [6.07, 6.45) is 0. The summed E-state index contributed by atoms with van der Waals surface area (Å²) in [4.78, 5) is 0.160. The molecule has 1 aromatic carbocycles. The molecule has 0 bridgehead atoms. The van der Waals surface area contributed by atoms with Gasteiger partial charge < -0.3 is 5.32 Å². The van der Waals surface area contributed by atoms with Crippen molar-refractivity contribution in [2.75, 3.05) is 14.1 Å². The second kappa shape index (κ2) is 6.02. The van der Waals surface area contributed by atoms with Crippen LogP contribution in [0.3, 0.4) is 0 Å². The first-order valence-electron chi connectivity index (χ1n) is 5.71. The molecule has 0 fully saturated rings. The first-order valence-corrected chi connectivity index (χ1v) is 7.53. The molecule has 1 aromatic rings. The number of sulfonamides is 1. The van der Waals surface area contributed by atoms with Crippen LogP contribution in [0.5, 0.6) is 0 Å². The van der Waals surface area contributed by atoms with E-state index in [2.05, 4.69) is 5.32 Å². The largest absolute Gasteiger partial charge is 0.316 e. The average Bonchev–Trinajstić information content (AvgIpc) is 2.30. The molecule has 0 aliphatic heterocycles.